The third-order valence-electron chi connectivity index (χ3n) is 1.53. The predicted octanol–water partition coefficient (Wildman–Crippen LogP) is 3.00. The summed E-state index contributed by atoms with van der Waals surface area (Å²) in [7, 11) is 0. The SMILES string of the molecule is C.CC1CC=CCC1. The summed E-state index contributed by atoms with van der Waals surface area (Å²) in [6, 6.07) is 0. The Balaban J connectivity index is 0.000000490. The van der Waals surface area contributed by atoms with E-state index in [4.69, 9.17) is 0 Å². The molecule has 0 aromatic heterocycles. The van der Waals surface area contributed by atoms with E-state index in [0.717, 1.165) is 5.92 Å². The summed E-state index contributed by atoms with van der Waals surface area (Å²) < 4.78 is 0. The lowest BCUT2D eigenvalue weighted by molar-refractivity contribution is 0.527. The normalized spacial score (nSPS) is 26.9. The predicted molar refractivity (Wildman–Crippen MR) is 38.9 cm³/mol. The smallest absolute Gasteiger partial charge is 0.0325 e. The molecule has 8 heavy (non-hydrogen) atoms. The van der Waals surface area contributed by atoms with Crippen LogP contribution >= 0.6 is 0 Å². The quantitative estimate of drug-likeness (QED) is 0.422. The van der Waals surface area contributed by atoms with Gasteiger partial charge in [0.25, 0.3) is 0 Å². The summed E-state index contributed by atoms with van der Waals surface area (Å²) in [6.07, 6.45) is 8.58. The van der Waals surface area contributed by atoms with Crippen molar-refractivity contribution in [3.63, 3.8) is 0 Å². The summed E-state index contributed by atoms with van der Waals surface area (Å²) in [5, 5.41) is 0. The molecule has 0 radical (unpaired) electrons. The first-order valence-electron chi connectivity index (χ1n) is 3.04. The van der Waals surface area contributed by atoms with Crippen molar-refractivity contribution < 1.29 is 0 Å². The van der Waals surface area contributed by atoms with E-state index in [-0.39, 0.29) is 7.43 Å². The van der Waals surface area contributed by atoms with Crippen molar-refractivity contribution in [2.24, 2.45) is 5.92 Å². The third-order valence-corrected chi connectivity index (χ3v) is 1.53. The van der Waals surface area contributed by atoms with Crippen molar-refractivity contribution in [3.05, 3.63) is 12.2 Å². The van der Waals surface area contributed by atoms with Crippen LogP contribution in [0.3, 0.4) is 0 Å². The van der Waals surface area contributed by atoms with Gasteiger partial charge >= 0.3 is 0 Å². The molecule has 48 valence electrons. The molecule has 1 rings (SSSR count). The number of rotatable bonds is 0. The van der Waals surface area contributed by atoms with Gasteiger partial charge < -0.3 is 0 Å². The third kappa shape index (κ3) is 2.15. The van der Waals surface area contributed by atoms with Gasteiger partial charge in [0.15, 0.2) is 0 Å². The Bertz CT molecular complexity index is 72.1. The molecule has 0 saturated carbocycles. The summed E-state index contributed by atoms with van der Waals surface area (Å²) in [6.45, 7) is 2.31. The van der Waals surface area contributed by atoms with E-state index in [9.17, 15) is 0 Å². The van der Waals surface area contributed by atoms with Gasteiger partial charge in [-0.15, -0.1) is 0 Å². The Morgan fingerprint density at radius 3 is 2.38 bits per heavy atom. The Kier molecular flexibility index (Phi) is 3.59. The van der Waals surface area contributed by atoms with Crippen LogP contribution in [0.5, 0.6) is 0 Å². The van der Waals surface area contributed by atoms with E-state index in [1.54, 1.807) is 0 Å². The van der Waals surface area contributed by atoms with E-state index in [1.807, 2.05) is 0 Å². The van der Waals surface area contributed by atoms with Crippen LogP contribution in [-0.4, -0.2) is 0 Å². The minimum absolute atomic E-state index is 0. The van der Waals surface area contributed by atoms with Gasteiger partial charge in [0.1, 0.15) is 0 Å². The van der Waals surface area contributed by atoms with Gasteiger partial charge in [-0.3, -0.25) is 0 Å². The highest BCUT2D eigenvalue weighted by molar-refractivity contribution is 4.88. The van der Waals surface area contributed by atoms with Crippen LogP contribution in [0.4, 0.5) is 0 Å². The lowest BCUT2D eigenvalue weighted by Gasteiger charge is -2.09. The van der Waals surface area contributed by atoms with Gasteiger partial charge in [0.2, 0.25) is 0 Å². The van der Waals surface area contributed by atoms with E-state index >= 15 is 0 Å². The van der Waals surface area contributed by atoms with Gasteiger partial charge in [-0.1, -0.05) is 26.5 Å². The molecule has 0 spiro atoms. The average molecular weight is 112 g/mol. The maximum atomic E-state index is 2.31. The van der Waals surface area contributed by atoms with Gasteiger partial charge in [-0.2, -0.15) is 0 Å². The van der Waals surface area contributed by atoms with Gasteiger partial charge in [0, 0.05) is 0 Å². The van der Waals surface area contributed by atoms with Crippen LogP contribution < -0.4 is 0 Å². The van der Waals surface area contributed by atoms with E-state index < -0.39 is 0 Å². The van der Waals surface area contributed by atoms with Crippen molar-refractivity contribution in [2.75, 3.05) is 0 Å². The van der Waals surface area contributed by atoms with Crippen molar-refractivity contribution >= 4 is 0 Å². The summed E-state index contributed by atoms with van der Waals surface area (Å²) in [5.74, 6) is 0.949. The second kappa shape index (κ2) is 3.71. The number of hydrogen-bond donors (Lipinski definition) is 0. The molecule has 1 aliphatic rings. The molecule has 0 nitrogen and oxygen atoms in total. The summed E-state index contributed by atoms with van der Waals surface area (Å²) in [5.41, 5.74) is 0. The molecule has 1 aliphatic carbocycles. The van der Waals surface area contributed by atoms with E-state index in [1.165, 1.54) is 19.3 Å². The van der Waals surface area contributed by atoms with Crippen molar-refractivity contribution in [1.29, 1.82) is 0 Å². The molecule has 0 bridgehead atoms. The Labute approximate surface area is 52.6 Å². The molecular weight excluding hydrogens is 96.1 g/mol. The first-order chi connectivity index (χ1) is 3.39. The van der Waals surface area contributed by atoms with Crippen LogP contribution in [0.2, 0.25) is 0 Å². The molecular formula is C8H16. The molecule has 0 aliphatic heterocycles. The van der Waals surface area contributed by atoms with Crippen LogP contribution in [0.1, 0.15) is 33.6 Å². The Morgan fingerprint density at radius 2 is 2.12 bits per heavy atom. The fourth-order valence-corrected chi connectivity index (χ4v) is 0.945. The Hall–Kier alpha value is -0.260. The molecule has 1 unspecified atom stereocenters. The second-order valence-corrected chi connectivity index (χ2v) is 2.39. The molecule has 0 heterocycles. The molecule has 0 amide bonds. The van der Waals surface area contributed by atoms with Gasteiger partial charge in [-0.05, 0) is 25.2 Å². The number of allylic oxidation sites excluding steroid dienone is 2. The van der Waals surface area contributed by atoms with Crippen LogP contribution in [0.25, 0.3) is 0 Å². The highest BCUT2D eigenvalue weighted by Gasteiger charge is 2.00. The topological polar surface area (TPSA) is 0 Å². The first-order valence-corrected chi connectivity index (χ1v) is 3.04. The van der Waals surface area contributed by atoms with Crippen molar-refractivity contribution in [1.82, 2.24) is 0 Å². The van der Waals surface area contributed by atoms with E-state index in [2.05, 4.69) is 19.1 Å². The standard InChI is InChI=1S/C7H12.CH4/c1-7-5-3-2-4-6-7;/h2-3,7H,4-6H2,1H3;1H4. The highest BCUT2D eigenvalue weighted by Crippen LogP contribution is 2.15. The fourth-order valence-electron chi connectivity index (χ4n) is 0.945. The van der Waals surface area contributed by atoms with Gasteiger partial charge in [0.05, 0.1) is 0 Å². The fraction of sp³-hybridized carbons (Fsp3) is 0.750. The zero-order chi connectivity index (χ0) is 5.11. The number of hydrogen-bond acceptors (Lipinski definition) is 0. The van der Waals surface area contributed by atoms with Crippen LogP contribution in [0.15, 0.2) is 12.2 Å². The lowest BCUT2D eigenvalue weighted by Crippen LogP contribution is -1.94. The largest absolute Gasteiger partial charge is 0.0885 e. The summed E-state index contributed by atoms with van der Waals surface area (Å²) >= 11 is 0. The second-order valence-electron chi connectivity index (χ2n) is 2.39. The maximum Gasteiger partial charge on any atom is -0.0325 e. The molecule has 0 saturated heterocycles. The first kappa shape index (κ1) is 7.74. The van der Waals surface area contributed by atoms with Crippen molar-refractivity contribution in [3.8, 4) is 0 Å². The lowest BCUT2D eigenvalue weighted by atomic mass is 9.97. The average Bonchev–Trinajstić information content (AvgIpc) is 1.69. The molecule has 0 heteroatoms. The van der Waals surface area contributed by atoms with Crippen molar-refractivity contribution in [2.45, 2.75) is 33.6 Å². The zero-order valence-electron chi connectivity index (χ0n) is 4.85. The molecule has 0 aromatic carbocycles. The molecule has 0 aromatic rings. The maximum absolute atomic E-state index is 2.31. The van der Waals surface area contributed by atoms with Crippen LogP contribution in [0, 0.1) is 5.92 Å². The monoisotopic (exact) mass is 112 g/mol. The van der Waals surface area contributed by atoms with Crippen LogP contribution in [-0.2, 0) is 0 Å². The molecule has 1 atom stereocenters. The minimum atomic E-state index is 0. The molecule has 0 fully saturated rings. The highest BCUT2D eigenvalue weighted by atomic mass is 14.1. The van der Waals surface area contributed by atoms with E-state index in [0.29, 0.717) is 0 Å². The summed E-state index contributed by atoms with van der Waals surface area (Å²) in [4.78, 5) is 0. The Morgan fingerprint density at radius 1 is 1.38 bits per heavy atom. The van der Waals surface area contributed by atoms with Gasteiger partial charge in [-0.25, -0.2) is 0 Å². The zero-order valence-corrected chi connectivity index (χ0v) is 4.85. The molecule has 0 N–H and O–H groups in total. The minimum Gasteiger partial charge on any atom is -0.0885 e.